The summed E-state index contributed by atoms with van der Waals surface area (Å²) in [7, 11) is 0. The molecule has 0 aliphatic heterocycles. The number of nitrogens with one attached hydrogen (secondary N) is 2. The van der Waals surface area contributed by atoms with E-state index in [0.717, 1.165) is 0 Å². The van der Waals surface area contributed by atoms with E-state index in [-0.39, 0.29) is 13.0 Å². The maximum Gasteiger partial charge on any atom is 0.139 e. The van der Waals surface area contributed by atoms with E-state index >= 15 is 0 Å². The highest BCUT2D eigenvalue weighted by atomic mass is 16.6. The molecule has 86 valence electrons. The minimum atomic E-state index is -1.29. The van der Waals surface area contributed by atoms with Crippen LogP contribution in [0.3, 0.4) is 0 Å². The molecule has 7 nitrogen and oxygen atoms in total. The number of nitrogens with two attached hydrogens (primary N) is 1. The molecule has 0 aliphatic carbocycles. The van der Waals surface area contributed by atoms with Gasteiger partial charge in [-0.3, -0.25) is 0 Å². The number of carbonyl (C=O) groups excluding carboxylic acids is 1. The van der Waals surface area contributed by atoms with Crippen molar-refractivity contribution in [1.29, 1.82) is 0 Å². The number of hydrogen-bond acceptors (Lipinski definition) is 6. The molecule has 0 aliphatic rings. The van der Waals surface area contributed by atoms with Crippen molar-refractivity contribution in [2.24, 2.45) is 5.73 Å². The Labute approximate surface area is 92.0 Å². The van der Waals surface area contributed by atoms with Gasteiger partial charge >= 0.3 is 0 Å². The molecule has 0 fully saturated rings. The summed E-state index contributed by atoms with van der Waals surface area (Å²) in [5.41, 5.74) is 7.99. The lowest BCUT2D eigenvalue weighted by molar-refractivity contribution is -0.310. The average molecular weight is 223 g/mol. The second-order valence-corrected chi connectivity index (χ2v) is 2.86. The zero-order chi connectivity index (χ0) is 11.8. The van der Waals surface area contributed by atoms with Crippen LogP contribution < -0.4 is 16.3 Å². The molecule has 0 aromatic carbocycles. The fourth-order valence-electron chi connectivity index (χ4n) is 0.968. The van der Waals surface area contributed by atoms with Gasteiger partial charge in [0.25, 0.3) is 0 Å². The zero-order valence-electron chi connectivity index (χ0n) is 8.40. The van der Waals surface area contributed by atoms with Crippen molar-refractivity contribution >= 4 is 5.97 Å². The molecule has 1 rings (SSSR count). The average Bonchev–Trinajstić information content (AvgIpc) is 2.75. The van der Waals surface area contributed by atoms with Crippen molar-refractivity contribution in [2.75, 3.05) is 6.54 Å². The molecule has 0 bridgehead atoms. The van der Waals surface area contributed by atoms with Crippen molar-refractivity contribution in [3.05, 3.63) is 18.2 Å². The second-order valence-electron chi connectivity index (χ2n) is 2.86. The molecular weight excluding hydrogens is 212 g/mol. The van der Waals surface area contributed by atoms with Gasteiger partial charge in [0.05, 0.1) is 24.9 Å². The molecule has 0 spiro atoms. The van der Waals surface area contributed by atoms with Gasteiger partial charge in [0.2, 0.25) is 0 Å². The van der Waals surface area contributed by atoms with Crippen molar-refractivity contribution in [3.8, 4) is 12.0 Å². The number of H-pyrrole nitrogens is 1. The summed E-state index contributed by atoms with van der Waals surface area (Å²) in [6.45, 7) is 0.137. The Morgan fingerprint density at radius 1 is 1.81 bits per heavy atom. The number of nitrogens with zero attached hydrogens (tertiary/aromatic N) is 1. The van der Waals surface area contributed by atoms with Gasteiger partial charge in [-0.25, -0.2) is 4.98 Å². The van der Waals surface area contributed by atoms with Crippen LogP contribution in [0.15, 0.2) is 12.5 Å². The van der Waals surface area contributed by atoms with Crippen molar-refractivity contribution in [3.63, 3.8) is 0 Å². The fraction of sp³-hybridized carbons (Fsp3) is 0.333. The number of carbonyl (C=O) groups is 1. The van der Waals surface area contributed by atoms with E-state index in [1.54, 1.807) is 0 Å². The number of imidazole rings is 1. The summed E-state index contributed by atoms with van der Waals surface area (Å²) in [5.74, 6) is 1.12. The normalized spacial score (nSPS) is 11.3. The van der Waals surface area contributed by atoms with Gasteiger partial charge in [0, 0.05) is 18.3 Å². The Morgan fingerprint density at radius 2 is 2.62 bits per heavy atom. The second kappa shape index (κ2) is 6.44. The third kappa shape index (κ3) is 4.00. The number of aromatic nitrogens is 2. The lowest BCUT2D eigenvalue weighted by Crippen LogP contribution is -2.46. The molecule has 0 amide bonds. The highest BCUT2D eigenvalue weighted by Crippen LogP contribution is 1.97. The molecule has 1 aromatic rings. The lowest BCUT2D eigenvalue weighted by Gasteiger charge is -2.16. The minimum Gasteiger partial charge on any atom is -0.548 e. The SMILES string of the molecule is NCC#CONC(Cc1cnc[nH]1)C(=O)[O-]. The Hall–Kier alpha value is -2.04. The summed E-state index contributed by atoms with van der Waals surface area (Å²) < 4.78 is 0. The maximum atomic E-state index is 10.7. The van der Waals surface area contributed by atoms with Crippen LogP contribution in [0, 0.1) is 12.0 Å². The summed E-state index contributed by atoms with van der Waals surface area (Å²) in [6.07, 6.45) is 5.33. The van der Waals surface area contributed by atoms with Crippen LogP contribution in [0.2, 0.25) is 0 Å². The monoisotopic (exact) mass is 223 g/mol. The Morgan fingerprint density at radius 3 is 3.19 bits per heavy atom. The number of aromatic amines is 1. The summed E-state index contributed by atoms with van der Waals surface area (Å²) in [6, 6.07) is -1.01. The van der Waals surface area contributed by atoms with Gasteiger partial charge in [0.1, 0.15) is 6.11 Å². The summed E-state index contributed by atoms with van der Waals surface area (Å²) in [5, 5.41) is 10.7. The molecule has 1 aromatic heterocycles. The van der Waals surface area contributed by atoms with Crippen LogP contribution in [0.1, 0.15) is 5.69 Å². The molecule has 4 N–H and O–H groups in total. The van der Waals surface area contributed by atoms with E-state index in [2.05, 4.69) is 32.3 Å². The number of hydrogen-bond donors (Lipinski definition) is 3. The van der Waals surface area contributed by atoms with Gasteiger partial charge < -0.3 is 25.5 Å². The van der Waals surface area contributed by atoms with Crippen LogP contribution in [0.4, 0.5) is 0 Å². The lowest BCUT2D eigenvalue weighted by atomic mass is 10.2. The molecule has 1 heterocycles. The third-order valence-corrected chi connectivity index (χ3v) is 1.69. The number of rotatable bonds is 5. The van der Waals surface area contributed by atoms with E-state index in [1.165, 1.54) is 12.5 Å². The maximum absolute atomic E-state index is 10.7. The van der Waals surface area contributed by atoms with Gasteiger partial charge in [0.15, 0.2) is 0 Å². The van der Waals surface area contributed by atoms with E-state index in [0.29, 0.717) is 5.69 Å². The highest BCUT2D eigenvalue weighted by Gasteiger charge is 2.11. The van der Waals surface area contributed by atoms with Gasteiger partial charge in [-0.1, -0.05) is 0 Å². The first-order valence-corrected chi connectivity index (χ1v) is 4.51. The Bertz CT molecular complexity index is 379. The predicted octanol–water partition coefficient (Wildman–Crippen LogP) is -2.49. The standard InChI is InChI=1S/C9H12N4O3/c10-2-1-3-16-13-8(9(14)15)4-7-5-11-6-12-7/h5-6,8,13H,2,4,10H2,(H,11,12)(H,14,15)/p-1. The van der Waals surface area contributed by atoms with Crippen LogP contribution in [0.5, 0.6) is 0 Å². The largest absolute Gasteiger partial charge is 0.548 e. The number of aliphatic carboxylic acids is 1. The van der Waals surface area contributed by atoms with Crippen molar-refractivity contribution in [2.45, 2.75) is 12.5 Å². The summed E-state index contributed by atoms with van der Waals surface area (Å²) >= 11 is 0. The molecule has 16 heavy (non-hydrogen) atoms. The Balaban J connectivity index is 2.45. The molecule has 7 heteroatoms. The van der Waals surface area contributed by atoms with Gasteiger partial charge in [-0.05, 0) is 5.92 Å². The van der Waals surface area contributed by atoms with Crippen LogP contribution in [-0.4, -0.2) is 28.5 Å². The number of carboxylic acid groups (broad SMARTS) is 1. The van der Waals surface area contributed by atoms with Gasteiger partial charge in [-0.2, -0.15) is 0 Å². The first kappa shape index (κ1) is 12.0. The van der Waals surface area contributed by atoms with E-state index in [9.17, 15) is 9.90 Å². The molecule has 1 atom stereocenters. The smallest absolute Gasteiger partial charge is 0.139 e. The van der Waals surface area contributed by atoms with Crippen molar-refractivity contribution < 1.29 is 14.7 Å². The molecule has 0 radical (unpaired) electrons. The molecule has 0 saturated heterocycles. The first-order chi connectivity index (χ1) is 7.74. The molecule has 0 saturated carbocycles. The zero-order valence-corrected chi connectivity index (χ0v) is 8.40. The van der Waals surface area contributed by atoms with Crippen LogP contribution in [0.25, 0.3) is 0 Å². The topological polar surface area (TPSA) is 116 Å². The highest BCUT2D eigenvalue weighted by molar-refractivity contribution is 5.71. The minimum absolute atomic E-state index is 0.137. The van der Waals surface area contributed by atoms with Crippen LogP contribution >= 0.6 is 0 Å². The quantitative estimate of drug-likeness (QED) is 0.375. The molecular formula is C9H11N4O3-. The predicted molar refractivity (Wildman–Crippen MR) is 52.1 cm³/mol. The molecule has 1 unspecified atom stereocenters. The van der Waals surface area contributed by atoms with Crippen molar-refractivity contribution in [1.82, 2.24) is 15.4 Å². The fourth-order valence-corrected chi connectivity index (χ4v) is 0.968. The Kier molecular flexibility index (Phi) is 4.85. The first-order valence-electron chi connectivity index (χ1n) is 4.51. The van der Waals surface area contributed by atoms with E-state index in [4.69, 9.17) is 5.73 Å². The van der Waals surface area contributed by atoms with Crippen LogP contribution in [-0.2, 0) is 16.1 Å². The van der Waals surface area contributed by atoms with E-state index in [1.807, 2.05) is 0 Å². The third-order valence-electron chi connectivity index (χ3n) is 1.69. The van der Waals surface area contributed by atoms with Gasteiger partial charge in [-0.15, -0.1) is 5.48 Å². The van der Waals surface area contributed by atoms with E-state index < -0.39 is 12.0 Å². The number of hydroxylamine groups is 1. The summed E-state index contributed by atoms with van der Waals surface area (Å²) in [4.78, 5) is 21.9. The number of carboxylic acids is 1.